The van der Waals surface area contributed by atoms with E-state index in [1.807, 2.05) is 0 Å². The molecule has 10 heteroatoms. The zero-order valence-corrected chi connectivity index (χ0v) is 19.2. The maximum absolute atomic E-state index is 13.0. The van der Waals surface area contributed by atoms with Gasteiger partial charge in [0.2, 0.25) is 0 Å². The van der Waals surface area contributed by atoms with Crippen LogP contribution in [0.3, 0.4) is 0 Å². The molecule has 1 aromatic carbocycles. The lowest BCUT2D eigenvalue weighted by atomic mass is 9.94. The van der Waals surface area contributed by atoms with Crippen LogP contribution in [0.5, 0.6) is 0 Å². The smallest absolute Gasteiger partial charge is 0.261 e. The molecular formula is C23H26N4O5S. The van der Waals surface area contributed by atoms with Crippen molar-refractivity contribution in [2.75, 3.05) is 16.8 Å². The molecule has 3 aliphatic rings. The van der Waals surface area contributed by atoms with Crippen molar-refractivity contribution in [1.82, 2.24) is 14.7 Å². The molecule has 1 N–H and O–H groups in total. The Hall–Kier alpha value is -3.01. The van der Waals surface area contributed by atoms with Crippen LogP contribution in [0.25, 0.3) is 0 Å². The van der Waals surface area contributed by atoms with Crippen LogP contribution in [-0.2, 0) is 9.84 Å². The van der Waals surface area contributed by atoms with Gasteiger partial charge in [0.05, 0.1) is 34.4 Å². The molecule has 2 aliphatic heterocycles. The van der Waals surface area contributed by atoms with Gasteiger partial charge in [0, 0.05) is 17.7 Å². The number of aryl methyl sites for hydroxylation is 1. The Balaban J connectivity index is 1.38. The fourth-order valence-corrected chi connectivity index (χ4v) is 6.81. The zero-order valence-electron chi connectivity index (χ0n) is 18.4. The first-order valence-corrected chi connectivity index (χ1v) is 13.2. The van der Waals surface area contributed by atoms with Gasteiger partial charge >= 0.3 is 0 Å². The Morgan fingerprint density at radius 2 is 1.73 bits per heavy atom. The Labute approximate surface area is 192 Å². The summed E-state index contributed by atoms with van der Waals surface area (Å²) < 4.78 is 25.3. The first-order valence-electron chi connectivity index (χ1n) is 11.3. The fraction of sp³-hybridized carbons (Fsp3) is 0.478. The molecular weight excluding hydrogens is 444 g/mol. The summed E-state index contributed by atoms with van der Waals surface area (Å²) >= 11 is 0. The molecule has 9 nitrogen and oxygen atoms in total. The summed E-state index contributed by atoms with van der Waals surface area (Å²) in [6.45, 7) is 1.77. The number of carbonyl (C=O) groups excluding carboxylic acids is 3. The van der Waals surface area contributed by atoms with Crippen LogP contribution in [0.4, 0.5) is 5.82 Å². The molecule has 2 aromatic rings. The fourth-order valence-electron chi connectivity index (χ4n) is 5.12. The van der Waals surface area contributed by atoms with Crippen molar-refractivity contribution < 1.29 is 22.8 Å². The lowest BCUT2D eigenvalue weighted by Crippen LogP contribution is -2.40. The number of benzene rings is 1. The van der Waals surface area contributed by atoms with Crippen molar-refractivity contribution in [3.05, 3.63) is 46.6 Å². The minimum absolute atomic E-state index is 0.0105. The van der Waals surface area contributed by atoms with E-state index in [1.165, 1.54) is 17.0 Å². The largest absolute Gasteiger partial charge is 0.307 e. The van der Waals surface area contributed by atoms with Crippen LogP contribution in [0.2, 0.25) is 0 Å². The van der Waals surface area contributed by atoms with E-state index in [4.69, 9.17) is 0 Å². The minimum Gasteiger partial charge on any atom is -0.307 e. The van der Waals surface area contributed by atoms with Gasteiger partial charge < -0.3 is 5.32 Å². The third-order valence-corrected chi connectivity index (χ3v) is 8.52. The second-order valence-corrected chi connectivity index (χ2v) is 11.4. The van der Waals surface area contributed by atoms with Gasteiger partial charge in [-0.3, -0.25) is 19.3 Å². The lowest BCUT2D eigenvalue weighted by Gasteiger charge is -2.29. The highest BCUT2D eigenvalue weighted by molar-refractivity contribution is 7.91. The first kappa shape index (κ1) is 21.8. The number of imide groups is 1. The second-order valence-electron chi connectivity index (χ2n) is 9.16. The summed E-state index contributed by atoms with van der Waals surface area (Å²) in [7, 11) is -3.11. The molecule has 3 heterocycles. The van der Waals surface area contributed by atoms with Crippen molar-refractivity contribution in [3.8, 4) is 0 Å². The quantitative estimate of drug-likeness (QED) is 0.687. The van der Waals surface area contributed by atoms with E-state index in [1.54, 1.807) is 23.7 Å². The van der Waals surface area contributed by atoms with E-state index in [9.17, 15) is 22.8 Å². The topological polar surface area (TPSA) is 118 Å². The van der Waals surface area contributed by atoms with Crippen molar-refractivity contribution in [1.29, 1.82) is 0 Å². The van der Waals surface area contributed by atoms with Gasteiger partial charge in [0.25, 0.3) is 17.7 Å². The predicted molar refractivity (Wildman–Crippen MR) is 121 cm³/mol. The summed E-state index contributed by atoms with van der Waals surface area (Å²) in [5.74, 6) is -0.576. The highest BCUT2D eigenvalue weighted by Gasteiger charge is 2.40. The number of carbonyl (C=O) groups is 3. The van der Waals surface area contributed by atoms with E-state index in [-0.39, 0.29) is 46.5 Å². The SMILES string of the molecule is Cc1cc(NC(=O)c2ccc3c(c2)C(=O)N(C2CCCCC2)C3=O)n(C2CCS(=O)(=O)C2)n1. The van der Waals surface area contributed by atoms with Gasteiger partial charge in [-0.1, -0.05) is 19.3 Å². The van der Waals surface area contributed by atoms with E-state index in [0.29, 0.717) is 23.5 Å². The average Bonchev–Trinajstić information content (AvgIpc) is 3.41. The Morgan fingerprint density at radius 1 is 1.00 bits per heavy atom. The summed E-state index contributed by atoms with van der Waals surface area (Å²) in [6, 6.07) is 5.83. The molecule has 1 aromatic heterocycles. The van der Waals surface area contributed by atoms with Crippen molar-refractivity contribution >= 4 is 33.4 Å². The van der Waals surface area contributed by atoms with Crippen LogP contribution >= 0.6 is 0 Å². The number of rotatable bonds is 4. The van der Waals surface area contributed by atoms with Crippen LogP contribution in [-0.4, -0.2) is 58.4 Å². The number of nitrogens with zero attached hydrogens (tertiary/aromatic N) is 3. The molecule has 1 saturated carbocycles. The van der Waals surface area contributed by atoms with E-state index >= 15 is 0 Å². The molecule has 0 spiro atoms. The lowest BCUT2D eigenvalue weighted by molar-refractivity contribution is 0.0548. The standard InChI is InChI=1S/C23H26N4O5S/c1-14-11-20(27(25-14)17-9-10-33(31,32)13-17)24-21(28)15-7-8-18-19(12-15)23(30)26(22(18)29)16-5-3-2-4-6-16/h7-8,11-12,16-17H,2-6,9-10,13H2,1H3,(H,24,28). The highest BCUT2D eigenvalue weighted by Crippen LogP contribution is 2.32. The summed E-state index contributed by atoms with van der Waals surface area (Å²) in [5.41, 5.74) is 1.50. The number of sulfone groups is 1. The predicted octanol–water partition coefficient (Wildman–Crippen LogP) is 2.73. The number of nitrogens with one attached hydrogen (secondary N) is 1. The van der Waals surface area contributed by atoms with Gasteiger partial charge in [-0.25, -0.2) is 13.1 Å². The highest BCUT2D eigenvalue weighted by atomic mass is 32.2. The molecule has 3 amide bonds. The Morgan fingerprint density at radius 3 is 2.42 bits per heavy atom. The van der Waals surface area contributed by atoms with Gasteiger partial charge in [-0.2, -0.15) is 5.10 Å². The molecule has 1 unspecified atom stereocenters. The van der Waals surface area contributed by atoms with E-state index in [0.717, 1.165) is 32.1 Å². The Kier molecular flexibility index (Phi) is 5.35. The normalized spacial score (nSPS) is 22.6. The summed E-state index contributed by atoms with van der Waals surface area (Å²) in [4.78, 5) is 40.3. The monoisotopic (exact) mass is 470 g/mol. The third kappa shape index (κ3) is 3.96. The molecule has 1 atom stereocenters. The molecule has 174 valence electrons. The molecule has 33 heavy (non-hydrogen) atoms. The minimum atomic E-state index is -3.11. The molecule has 2 fully saturated rings. The number of fused-ring (bicyclic) bond motifs is 1. The Bertz CT molecular complexity index is 1260. The maximum atomic E-state index is 13.0. The zero-order chi connectivity index (χ0) is 23.3. The number of aromatic nitrogens is 2. The number of hydrogen-bond acceptors (Lipinski definition) is 6. The maximum Gasteiger partial charge on any atom is 0.261 e. The van der Waals surface area contributed by atoms with Gasteiger partial charge in [-0.05, 0) is 44.4 Å². The molecule has 0 bridgehead atoms. The van der Waals surface area contributed by atoms with Crippen LogP contribution in [0, 0.1) is 6.92 Å². The molecule has 1 saturated heterocycles. The van der Waals surface area contributed by atoms with E-state index < -0.39 is 15.7 Å². The van der Waals surface area contributed by atoms with Crippen molar-refractivity contribution in [2.24, 2.45) is 0 Å². The molecule has 0 radical (unpaired) electrons. The summed E-state index contributed by atoms with van der Waals surface area (Å²) in [6.07, 6.45) is 5.20. The first-order chi connectivity index (χ1) is 15.7. The van der Waals surface area contributed by atoms with Crippen LogP contribution < -0.4 is 5.32 Å². The number of anilines is 1. The van der Waals surface area contributed by atoms with Crippen molar-refractivity contribution in [2.45, 2.75) is 57.5 Å². The van der Waals surface area contributed by atoms with E-state index in [2.05, 4.69) is 10.4 Å². The second kappa shape index (κ2) is 8.09. The van der Waals surface area contributed by atoms with Crippen LogP contribution in [0.15, 0.2) is 24.3 Å². The van der Waals surface area contributed by atoms with Gasteiger partial charge in [0.15, 0.2) is 9.84 Å². The molecule has 5 rings (SSSR count). The van der Waals surface area contributed by atoms with Crippen molar-refractivity contribution in [3.63, 3.8) is 0 Å². The van der Waals surface area contributed by atoms with Gasteiger partial charge in [0.1, 0.15) is 5.82 Å². The van der Waals surface area contributed by atoms with Crippen LogP contribution in [0.1, 0.15) is 81.3 Å². The number of amides is 3. The molecule has 1 aliphatic carbocycles. The third-order valence-electron chi connectivity index (χ3n) is 6.77. The average molecular weight is 471 g/mol. The number of hydrogen-bond donors (Lipinski definition) is 1. The summed E-state index contributed by atoms with van der Waals surface area (Å²) in [5, 5.41) is 7.18. The van der Waals surface area contributed by atoms with Gasteiger partial charge in [-0.15, -0.1) is 0 Å².